The smallest absolute Gasteiger partial charge is 0.296 e. The molecule has 0 saturated heterocycles. The lowest BCUT2D eigenvalue weighted by Crippen LogP contribution is -2.15. The zero-order chi connectivity index (χ0) is 62.9. The molecule has 25 nitrogen and oxygen atoms in total. The maximum absolute atomic E-state index is 12.9. The number of aliphatic hydroxyl groups is 1. The molecular weight excluding hydrogens is 1140 g/mol. The van der Waals surface area contributed by atoms with Crippen molar-refractivity contribution < 1.29 is 40.9 Å². The standard InChI is InChI=1S/C29H26BN7O5S.C22H17BN8O5S.2C3H8/c1-16-5-10-23(17(2)13-16)31-29(39)27(18(3)38)33-32-24-12-9-21(15-26(24)43(40,41)42)37-34-25-11-7-19-6-8-20(36(4)30)14-22(19)28(25)35-37;1-11-24-21(32)20(22(33)25-11)27-26-16-8-6-14(10-18(16)37(34,35)36)31-28-17-7-4-12-3-5-13(30(2)23)9-15(12)19(17)29-31;2*1-3-2/h5-15,38H,1-4H3,(H,31,39)(H,40,41,42);3-10H,1-2H3,(H,34,35,36)(H2,24,25,32,33);2*3H2,1-2H3/b27-18+,33-32?;;;. The van der Waals surface area contributed by atoms with Gasteiger partial charge in [-0.2, -0.15) is 31.4 Å². The Morgan fingerprint density at radius 1 is 0.651 bits per heavy atom. The third kappa shape index (κ3) is 15.0. The van der Waals surface area contributed by atoms with Gasteiger partial charge in [-0.25, -0.2) is 0 Å². The van der Waals surface area contributed by atoms with Crippen molar-refractivity contribution in [3.8, 4) is 17.3 Å². The molecule has 10 aromatic rings. The second-order valence-electron chi connectivity index (χ2n) is 19.5. The largest absolute Gasteiger partial charge is 0.510 e. The molecule has 4 radical (unpaired) electrons. The zero-order valence-corrected chi connectivity index (χ0v) is 50.0. The number of azo groups is 2. The van der Waals surface area contributed by atoms with Crippen molar-refractivity contribution in [1.82, 2.24) is 40.0 Å². The minimum Gasteiger partial charge on any atom is -0.510 e. The first-order chi connectivity index (χ1) is 40.6. The third-order valence-electron chi connectivity index (χ3n) is 12.1. The van der Waals surface area contributed by atoms with Crippen LogP contribution >= 0.6 is 0 Å². The highest BCUT2D eigenvalue weighted by Gasteiger charge is 2.22. The number of aromatic hydroxyl groups is 1. The lowest BCUT2D eigenvalue weighted by Gasteiger charge is -2.13. The first kappa shape index (κ1) is 63.9. The van der Waals surface area contributed by atoms with E-state index in [0.717, 1.165) is 56.2 Å². The van der Waals surface area contributed by atoms with E-state index in [4.69, 9.17) is 16.0 Å². The number of hydrogen-bond donors (Lipinski definition) is 6. The maximum atomic E-state index is 12.9. The summed E-state index contributed by atoms with van der Waals surface area (Å²) in [6.07, 6.45) is 2.50. The number of nitrogens with zero attached hydrogens (tertiary/aromatic N) is 13. The van der Waals surface area contributed by atoms with E-state index in [1.807, 2.05) is 74.5 Å². The number of fused-ring (bicyclic) bond motifs is 6. The second kappa shape index (κ2) is 26.9. The van der Waals surface area contributed by atoms with Crippen LogP contribution < -0.4 is 20.5 Å². The lowest BCUT2D eigenvalue weighted by molar-refractivity contribution is -0.113. The monoisotopic (exact) mass is 1200 g/mol. The number of allylic oxidation sites excluding steroid dienone is 1. The fourth-order valence-corrected chi connectivity index (χ4v) is 9.44. The Morgan fingerprint density at radius 2 is 1.12 bits per heavy atom. The minimum absolute atomic E-state index is 0.155. The Bertz CT molecular complexity index is 4600. The van der Waals surface area contributed by atoms with E-state index in [0.29, 0.717) is 27.8 Å². The number of H-pyrrole nitrogens is 1. The van der Waals surface area contributed by atoms with Gasteiger partial charge in [0, 0.05) is 27.8 Å². The van der Waals surface area contributed by atoms with Gasteiger partial charge in [-0.3, -0.25) is 18.7 Å². The number of aliphatic hydroxyl groups excluding tert-OH is 1. The van der Waals surface area contributed by atoms with Crippen LogP contribution in [0.1, 0.15) is 64.4 Å². The molecule has 86 heavy (non-hydrogen) atoms. The van der Waals surface area contributed by atoms with Crippen LogP contribution in [0.2, 0.25) is 0 Å². The van der Waals surface area contributed by atoms with Gasteiger partial charge < -0.3 is 30.1 Å². The van der Waals surface area contributed by atoms with E-state index < -0.39 is 64.5 Å². The molecule has 3 heterocycles. The molecule has 0 bridgehead atoms. The van der Waals surface area contributed by atoms with Crippen LogP contribution in [0.15, 0.2) is 162 Å². The van der Waals surface area contributed by atoms with Gasteiger partial charge in [-0.1, -0.05) is 82.5 Å². The van der Waals surface area contributed by atoms with Crippen LogP contribution in [0.5, 0.6) is 5.88 Å². The summed E-state index contributed by atoms with van der Waals surface area (Å²) < 4.78 is 68.8. The summed E-state index contributed by atoms with van der Waals surface area (Å²) in [5.74, 6) is -1.73. The Kier molecular flexibility index (Phi) is 20.0. The number of carbonyl (C=O) groups is 1. The normalized spacial score (nSPS) is 11.9. The lowest BCUT2D eigenvalue weighted by atomic mass is 10.1. The molecule has 0 spiro atoms. The van der Waals surface area contributed by atoms with Gasteiger partial charge in [0.1, 0.15) is 54.8 Å². The molecule has 0 unspecified atom stereocenters. The summed E-state index contributed by atoms with van der Waals surface area (Å²) in [6.45, 7) is 14.9. The second-order valence-corrected chi connectivity index (χ2v) is 22.3. The van der Waals surface area contributed by atoms with Gasteiger partial charge in [-0.05, 0) is 137 Å². The van der Waals surface area contributed by atoms with Crippen LogP contribution in [0.3, 0.4) is 0 Å². The number of aromatic amines is 1. The number of amides is 1. The highest BCUT2D eigenvalue weighted by Crippen LogP contribution is 2.34. The predicted octanol–water partition coefficient (Wildman–Crippen LogP) is 11.2. The number of rotatable bonds is 12. The van der Waals surface area contributed by atoms with Crippen molar-refractivity contribution in [3.63, 3.8) is 0 Å². The number of hydrogen-bond acceptors (Lipinski definition) is 19. The molecular formula is C57H59B2N15O10S2. The Hall–Kier alpha value is -9.70. The van der Waals surface area contributed by atoms with Gasteiger partial charge in [0.2, 0.25) is 27.5 Å². The number of aryl methyl sites for hydroxylation is 3. The van der Waals surface area contributed by atoms with Crippen molar-refractivity contribution in [2.75, 3.05) is 29.0 Å². The predicted molar refractivity (Wildman–Crippen MR) is 332 cm³/mol. The van der Waals surface area contributed by atoms with Gasteiger partial charge >= 0.3 is 0 Å². The first-order valence-electron chi connectivity index (χ1n) is 26.4. The minimum atomic E-state index is -4.81. The summed E-state index contributed by atoms with van der Waals surface area (Å²) in [7, 11) is 5.58. The van der Waals surface area contributed by atoms with E-state index in [-0.39, 0.29) is 28.6 Å². The Balaban J connectivity index is 0.000000227. The molecule has 0 aliphatic carbocycles. The molecule has 1 amide bonds. The molecule has 440 valence electrons. The van der Waals surface area contributed by atoms with Crippen molar-refractivity contribution in [1.29, 1.82) is 0 Å². The van der Waals surface area contributed by atoms with Crippen molar-refractivity contribution in [3.05, 3.63) is 154 Å². The summed E-state index contributed by atoms with van der Waals surface area (Å²) in [5, 5.41) is 59.1. The van der Waals surface area contributed by atoms with Crippen LogP contribution in [-0.4, -0.2) is 112 Å². The van der Waals surface area contributed by atoms with Crippen LogP contribution in [-0.2, 0) is 25.0 Å². The molecule has 0 fully saturated rings. The average Bonchev–Trinajstić information content (AvgIpc) is 1.97. The van der Waals surface area contributed by atoms with E-state index in [1.165, 1.54) is 70.2 Å². The summed E-state index contributed by atoms with van der Waals surface area (Å²) in [4.78, 5) is 35.1. The number of anilines is 3. The maximum Gasteiger partial charge on any atom is 0.296 e. The van der Waals surface area contributed by atoms with Gasteiger partial charge in [0.15, 0.2) is 5.70 Å². The van der Waals surface area contributed by atoms with E-state index in [2.05, 4.69) is 83.8 Å². The van der Waals surface area contributed by atoms with E-state index in [9.17, 15) is 45.7 Å². The fraction of sp³-hybridized carbons (Fsp3) is 0.211. The average molecular weight is 1200 g/mol. The molecule has 0 aliphatic heterocycles. The Morgan fingerprint density at radius 3 is 1.55 bits per heavy atom. The molecule has 0 atom stereocenters. The topological polar surface area (TPSA) is 341 Å². The van der Waals surface area contributed by atoms with E-state index >= 15 is 0 Å². The molecule has 0 saturated carbocycles. The van der Waals surface area contributed by atoms with Crippen LogP contribution in [0.4, 0.5) is 34.1 Å². The molecule has 29 heteroatoms. The number of carbonyl (C=O) groups excluding carboxylic acids is 1. The quantitative estimate of drug-likeness (QED) is 0.0218. The number of aromatic nitrogens is 8. The van der Waals surface area contributed by atoms with Gasteiger partial charge in [0.05, 0.1) is 11.4 Å². The number of nitrogens with one attached hydrogen (secondary N) is 2. The molecule has 0 aliphatic rings. The molecule has 6 N–H and O–H groups in total. The SMILES string of the molecule is CCC.CCC.[B]N(C)c1ccc2ccc3nn(-c4ccc(N=N/C(C(=O)Nc5ccc(C)cc5C)=C(\C)O)c(S(=O)(=O)O)c4)nc3c2c1.[B]N(C)c1ccc2ccc3nn(-c4ccc(N=Nc5c(O)nc(C)[nH]c5=O)c(S(=O)(=O)O)c4)nc3c2c1. The third-order valence-corrected chi connectivity index (χ3v) is 13.9. The van der Waals surface area contributed by atoms with Crippen molar-refractivity contribution in [2.45, 2.75) is 78.0 Å². The van der Waals surface area contributed by atoms with Gasteiger partial charge in [-0.15, -0.1) is 40.9 Å². The highest BCUT2D eigenvalue weighted by atomic mass is 32.2. The van der Waals surface area contributed by atoms with E-state index in [1.54, 1.807) is 32.3 Å². The summed E-state index contributed by atoms with van der Waals surface area (Å²) >= 11 is 0. The van der Waals surface area contributed by atoms with Crippen molar-refractivity contribution in [2.24, 2.45) is 20.5 Å². The van der Waals surface area contributed by atoms with Crippen LogP contribution in [0, 0.1) is 20.8 Å². The summed E-state index contributed by atoms with van der Waals surface area (Å²) in [6, 6.07) is 31.7. The molecule has 3 aromatic heterocycles. The Labute approximate surface area is 497 Å². The first-order valence-corrected chi connectivity index (χ1v) is 29.3. The fourth-order valence-electron chi connectivity index (χ4n) is 8.15. The number of benzene rings is 7. The zero-order valence-electron chi connectivity index (χ0n) is 48.4. The van der Waals surface area contributed by atoms with Crippen LogP contribution in [0.25, 0.3) is 55.0 Å². The molecule has 10 rings (SSSR count). The summed E-state index contributed by atoms with van der Waals surface area (Å²) in [5.41, 5.74) is 4.14. The van der Waals surface area contributed by atoms with Crippen molar-refractivity contribution >= 4 is 120 Å². The highest BCUT2D eigenvalue weighted by molar-refractivity contribution is 7.86. The molecule has 7 aromatic carbocycles. The van der Waals surface area contributed by atoms with Gasteiger partial charge in [0.25, 0.3) is 31.7 Å².